The van der Waals surface area contributed by atoms with Gasteiger partial charge < -0.3 is 14.4 Å². The molecule has 0 radical (unpaired) electrons. The summed E-state index contributed by atoms with van der Waals surface area (Å²) >= 11 is 0. The number of hydrogen-bond acceptors (Lipinski definition) is 5. The smallest absolute Gasteiger partial charge is 0.318 e. The minimum atomic E-state index is -0.795. The molecular weight excluding hydrogens is 286 g/mol. The van der Waals surface area contributed by atoms with Gasteiger partial charge in [0.1, 0.15) is 11.5 Å². The van der Waals surface area contributed by atoms with Crippen LogP contribution in [0.2, 0.25) is 0 Å². The highest BCUT2D eigenvalue weighted by atomic mass is 16.6. The van der Waals surface area contributed by atoms with Crippen molar-refractivity contribution in [3.63, 3.8) is 0 Å². The number of piperidine rings is 1. The van der Waals surface area contributed by atoms with Gasteiger partial charge >= 0.3 is 11.9 Å². The number of ether oxygens (including phenoxy) is 2. The first-order valence-corrected chi connectivity index (χ1v) is 7.72. The van der Waals surface area contributed by atoms with Gasteiger partial charge in [0.05, 0.1) is 7.11 Å². The van der Waals surface area contributed by atoms with E-state index in [2.05, 4.69) is 4.74 Å². The fourth-order valence-electron chi connectivity index (χ4n) is 2.44. The summed E-state index contributed by atoms with van der Waals surface area (Å²) in [6, 6.07) is 0. The molecule has 0 saturated carbocycles. The van der Waals surface area contributed by atoms with E-state index in [1.165, 1.54) is 7.11 Å². The molecule has 0 aromatic heterocycles. The summed E-state index contributed by atoms with van der Waals surface area (Å²) in [4.78, 5) is 37.2. The Morgan fingerprint density at radius 3 is 2.18 bits per heavy atom. The number of methoxy groups -OCH3 is 1. The fraction of sp³-hybridized carbons (Fsp3) is 0.812. The van der Waals surface area contributed by atoms with Gasteiger partial charge in [0.25, 0.3) is 0 Å². The second-order valence-electron chi connectivity index (χ2n) is 6.80. The van der Waals surface area contributed by atoms with Crippen LogP contribution in [0, 0.1) is 11.8 Å². The summed E-state index contributed by atoms with van der Waals surface area (Å²) in [6.07, 6.45) is 1.89. The van der Waals surface area contributed by atoms with E-state index in [1.807, 2.05) is 0 Å². The van der Waals surface area contributed by atoms with Crippen LogP contribution < -0.4 is 0 Å². The van der Waals surface area contributed by atoms with Crippen molar-refractivity contribution in [1.82, 2.24) is 4.90 Å². The van der Waals surface area contributed by atoms with Crippen LogP contribution in [0.5, 0.6) is 0 Å². The highest BCUT2D eigenvalue weighted by Crippen LogP contribution is 2.23. The second kappa shape index (κ2) is 7.61. The van der Waals surface area contributed by atoms with Crippen molar-refractivity contribution in [1.29, 1.82) is 0 Å². The molecule has 6 nitrogen and oxygen atoms in total. The molecule has 0 aliphatic carbocycles. The van der Waals surface area contributed by atoms with Gasteiger partial charge in [0.2, 0.25) is 5.91 Å². The van der Waals surface area contributed by atoms with Crippen LogP contribution in [0.1, 0.15) is 47.0 Å². The van der Waals surface area contributed by atoms with Gasteiger partial charge in [-0.25, -0.2) is 0 Å². The molecular formula is C16H27NO5. The number of nitrogens with zero attached hydrogens (tertiary/aromatic N) is 1. The molecule has 6 heteroatoms. The van der Waals surface area contributed by atoms with E-state index in [4.69, 9.17) is 4.74 Å². The average molecular weight is 313 g/mol. The molecule has 1 rings (SSSR count). The summed E-state index contributed by atoms with van der Waals surface area (Å²) in [5, 5.41) is 0. The van der Waals surface area contributed by atoms with Crippen LogP contribution in [-0.4, -0.2) is 48.5 Å². The van der Waals surface area contributed by atoms with E-state index >= 15 is 0 Å². The third-order valence-electron chi connectivity index (χ3n) is 3.74. The molecule has 1 atom stereocenters. The Hall–Kier alpha value is -1.59. The quantitative estimate of drug-likeness (QED) is 0.584. The van der Waals surface area contributed by atoms with Crippen molar-refractivity contribution < 1.29 is 23.9 Å². The number of carbonyl (C=O) groups excluding carboxylic acids is 3. The first-order valence-electron chi connectivity index (χ1n) is 7.72. The topological polar surface area (TPSA) is 72.9 Å². The maximum absolute atomic E-state index is 12.3. The Morgan fingerprint density at radius 2 is 1.73 bits per heavy atom. The van der Waals surface area contributed by atoms with Crippen molar-refractivity contribution in [2.75, 3.05) is 20.2 Å². The molecule has 126 valence electrons. The van der Waals surface area contributed by atoms with Crippen molar-refractivity contribution in [2.24, 2.45) is 11.8 Å². The molecule has 1 amide bonds. The van der Waals surface area contributed by atoms with Gasteiger partial charge in [-0.1, -0.05) is 0 Å². The summed E-state index contributed by atoms with van der Waals surface area (Å²) in [5.74, 6) is -1.46. The van der Waals surface area contributed by atoms with Gasteiger partial charge in [-0.2, -0.15) is 0 Å². The first-order chi connectivity index (χ1) is 10.1. The lowest BCUT2D eigenvalue weighted by Crippen LogP contribution is -2.44. The van der Waals surface area contributed by atoms with E-state index in [1.54, 1.807) is 32.6 Å². The molecule has 0 spiro atoms. The number of amides is 1. The van der Waals surface area contributed by atoms with Gasteiger partial charge in [-0.15, -0.1) is 0 Å². The van der Waals surface area contributed by atoms with Gasteiger partial charge in [-0.05, 0) is 46.5 Å². The monoisotopic (exact) mass is 313 g/mol. The van der Waals surface area contributed by atoms with Crippen molar-refractivity contribution in [3.8, 4) is 0 Å². The maximum Gasteiger partial charge on any atom is 0.318 e. The summed E-state index contributed by atoms with van der Waals surface area (Å²) in [7, 11) is 1.38. The SMILES string of the molecule is COC(=O)CC1CCN(C(=O)[C@H](C)C(=O)OC(C)(C)C)CC1. The Morgan fingerprint density at radius 1 is 1.18 bits per heavy atom. The lowest BCUT2D eigenvalue weighted by Gasteiger charge is -2.33. The predicted octanol–water partition coefficient (Wildman–Crippen LogP) is 1.77. The van der Waals surface area contributed by atoms with Gasteiger partial charge in [0.15, 0.2) is 0 Å². The normalized spacial score (nSPS) is 17.8. The zero-order valence-electron chi connectivity index (χ0n) is 14.2. The van der Waals surface area contributed by atoms with Crippen LogP contribution in [0.15, 0.2) is 0 Å². The number of rotatable bonds is 4. The third-order valence-corrected chi connectivity index (χ3v) is 3.74. The summed E-state index contributed by atoms with van der Waals surface area (Å²) in [6.45, 7) is 8.04. The average Bonchev–Trinajstić information content (AvgIpc) is 2.44. The van der Waals surface area contributed by atoms with Crippen LogP contribution in [0.25, 0.3) is 0 Å². The zero-order valence-corrected chi connectivity index (χ0v) is 14.2. The van der Waals surface area contributed by atoms with Crippen LogP contribution in [0.3, 0.4) is 0 Å². The Balaban J connectivity index is 2.48. The van der Waals surface area contributed by atoms with E-state index < -0.39 is 17.5 Å². The zero-order chi connectivity index (χ0) is 16.9. The molecule has 1 fully saturated rings. The van der Waals surface area contributed by atoms with Gasteiger partial charge in [-0.3, -0.25) is 14.4 Å². The van der Waals surface area contributed by atoms with Crippen LogP contribution >= 0.6 is 0 Å². The first kappa shape index (κ1) is 18.5. The summed E-state index contributed by atoms with van der Waals surface area (Å²) in [5.41, 5.74) is -0.598. The third kappa shape index (κ3) is 5.66. The summed E-state index contributed by atoms with van der Waals surface area (Å²) < 4.78 is 9.91. The molecule has 0 aromatic carbocycles. The van der Waals surface area contributed by atoms with Gasteiger partial charge in [0, 0.05) is 19.5 Å². The standard InChI is InChI=1S/C16H27NO5/c1-11(15(20)22-16(2,3)4)14(19)17-8-6-12(7-9-17)10-13(18)21-5/h11-12H,6-10H2,1-5H3/t11-/m0/s1. The van der Waals surface area contributed by atoms with Crippen molar-refractivity contribution >= 4 is 17.8 Å². The lowest BCUT2D eigenvalue weighted by molar-refractivity contribution is -0.164. The van der Waals surface area contributed by atoms with E-state index in [0.29, 0.717) is 19.5 Å². The number of likely N-dealkylation sites (tertiary alicyclic amines) is 1. The molecule has 1 aliphatic rings. The lowest BCUT2D eigenvalue weighted by atomic mass is 9.93. The minimum absolute atomic E-state index is 0.203. The molecule has 0 bridgehead atoms. The van der Waals surface area contributed by atoms with E-state index in [9.17, 15) is 14.4 Å². The van der Waals surface area contributed by atoms with Crippen LogP contribution in [0.4, 0.5) is 0 Å². The predicted molar refractivity (Wildman–Crippen MR) is 80.9 cm³/mol. The number of esters is 2. The van der Waals surface area contributed by atoms with E-state index in [-0.39, 0.29) is 17.8 Å². The fourth-order valence-corrected chi connectivity index (χ4v) is 2.44. The molecule has 22 heavy (non-hydrogen) atoms. The minimum Gasteiger partial charge on any atom is -0.469 e. The molecule has 1 saturated heterocycles. The highest BCUT2D eigenvalue weighted by molar-refractivity contribution is 5.97. The Labute approximate surface area is 132 Å². The molecule has 0 aromatic rings. The molecule has 0 N–H and O–H groups in total. The Kier molecular flexibility index (Phi) is 6.38. The Bertz CT molecular complexity index is 419. The van der Waals surface area contributed by atoms with Crippen molar-refractivity contribution in [2.45, 2.75) is 52.6 Å². The van der Waals surface area contributed by atoms with E-state index in [0.717, 1.165) is 12.8 Å². The second-order valence-corrected chi connectivity index (χ2v) is 6.80. The molecule has 1 aliphatic heterocycles. The molecule has 1 heterocycles. The highest BCUT2D eigenvalue weighted by Gasteiger charge is 2.32. The number of hydrogen-bond donors (Lipinski definition) is 0. The maximum atomic E-state index is 12.3. The largest absolute Gasteiger partial charge is 0.469 e. The van der Waals surface area contributed by atoms with Crippen LogP contribution in [-0.2, 0) is 23.9 Å². The van der Waals surface area contributed by atoms with Crippen molar-refractivity contribution in [3.05, 3.63) is 0 Å². The number of carbonyl (C=O) groups is 3. The molecule has 0 unspecified atom stereocenters.